The highest BCUT2D eigenvalue weighted by atomic mass is 15.4. The van der Waals surface area contributed by atoms with Crippen LogP contribution in [0.2, 0.25) is 0 Å². The summed E-state index contributed by atoms with van der Waals surface area (Å²) in [7, 11) is 4.74. The van der Waals surface area contributed by atoms with Crippen LogP contribution in [0.3, 0.4) is 0 Å². The van der Waals surface area contributed by atoms with Gasteiger partial charge in [-0.25, -0.2) is 0 Å². The van der Waals surface area contributed by atoms with Crippen molar-refractivity contribution in [3.05, 3.63) is 0 Å². The normalized spacial score (nSPS) is 39.0. The lowest BCUT2D eigenvalue weighted by molar-refractivity contribution is -0.932. The van der Waals surface area contributed by atoms with Gasteiger partial charge in [-0.05, 0) is 26.8 Å². The zero-order valence-electron chi connectivity index (χ0n) is 11.3. The molecule has 1 aliphatic rings. The molecule has 0 aromatic heterocycles. The number of likely N-dealkylation sites (N-methyl/N-ethyl adjacent to an activating group) is 2. The molecule has 1 heterocycles. The van der Waals surface area contributed by atoms with Crippen LogP contribution in [0.15, 0.2) is 0 Å². The molecule has 1 aliphatic heterocycles. The maximum Gasteiger partial charge on any atom is 0.101 e. The molecule has 0 aromatic rings. The molecule has 3 unspecified atom stereocenters. The lowest BCUT2D eigenvalue weighted by atomic mass is 10.0. The highest BCUT2D eigenvalue weighted by Crippen LogP contribution is 2.23. The van der Waals surface area contributed by atoms with Gasteiger partial charge in [-0.1, -0.05) is 13.8 Å². The zero-order valence-corrected chi connectivity index (χ0v) is 11.3. The van der Waals surface area contributed by atoms with Crippen molar-refractivity contribution in [2.75, 3.05) is 40.3 Å². The summed E-state index contributed by atoms with van der Waals surface area (Å²) < 4.78 is 1.28. The molecule has 2 heteroatoms. The van der Waals surface area contributed by atoms with Gasteiger partial charge in [0.15, 0.2) is 0 Å². The van der Waals surface area contributed by atoms with Crippen molar-refractivity contribution in [2.45, 2.75) is 39.7 Å². The number of hydrogen-bond donors (Lipinski definition) is 0. The van der Waals surface area contributed by atoms with Crippen LogP contribution >= 0.6 is 0 Å². The Morgan fingerprint density at radius 2 is 1.80 bits per heavy atom. The number of hydrogen-bond acceptors (Lipinski definition) is 1. The summed E-state index contributed by atoms with van der Waals surface area (Å²) >= 11 is 0. The zero-order chi connectivity index (χ0) is 11.5. The third kappa shape index (κ3) is 2.94. The lowest BCUT2D eigenvalue weighted by Crippen LogP contribution is -2.55. The summed E-state index contributed by atoms with van der Waals surface area (Å²) in [6.07, 6.45) is 2.64. The summed E-state index contributed by atoms with van der Waals surface area (Å²) in [5, 5.41) is 0. The van der Waals surface area contributed by atoms with Crippen LogP contribution < -0.4 is 0 Å². The van der Waals surface area contributed by atoms with E-state index in [9.17, 15) is 0 Å². The minimum absolute atomic E-state index is 0.830. The van der Waals surface area contributed by atoms with Gasteiger partial charge in [0.1, 0.15) is 6.04 Å². The highest BCUT2D eigenvalue weighted by molar-refractivity contribution is 4.72. The van der Waals surface area contributed by atoms with Crippen molar-refractivity contribution in [3.63, 3.8) is 0 Å². The monoisotopic (exact) mass is 213 g/mol. The summed E-state index contributed by atoms with van der Waals surface area (Å²) in [4.78, 5) is 2.54. The molecule has 0 radical (unpaired) electrons. The van der Waals surface area contributed by atoms with E-state index >= 15 is 0 Å². The van der Waals surface area contributed by atoms with E-state index in [1.165, 1.54) is 43.5 Å². The molecule has 0 N–H and O–H groups in total. The second-order valence-corrected chi connectivity index (χ2v) is 5.54. The standard InChI is InChI=1S/C13H29N2/c1-6-12-9-14(4)10-13(7-2)15(5,8-3)11-12/h12-13H,6-11H2,1-5H3/q+1. The second-order valence-electron chi connectivity index (χ2n) is 5.54. The van der Waals surface area contributed by atoms with E-state index in [-0.39, 0.29) is 0 Å². The maximum absolute atomic E-state index is 2.54. The third-order valence-electron chi connectivity index (χ3n) is 4.42. The van der Waals surface area contributed by atoms with Gasteiger partial charge in [0.2, 0.25) is 0 Å². The molecule has 90 valence electrons. The van der Waals surface area contributed by atoms with Gasteiger partial charge < -0.3 is 9.38 Å². The first-order valence-electron chi connectivity index (χ1n) is 6.58. The Hall–Kier alpha value is -0.0800. The molecule has 3 atom stereocenters. The van der Waals surface area contributed by atoms with Crippen molar-refractivity contribution in [1.29, 1.82) is 0 Å². The molecule has 0 spiro atoms. The van der Waals surface area contributed by atoms with Crippen LogP contribution in [0.4, 0.5) is 0 Å². The Balaban J connectivity index is 2.81. The summed E-state index contributed by atoms with van der Waals surface area (Å²) in [5.74, 6) is 0.886. The quantitative estimate of drug-likeness (QED) is 0.650. The summed E-state index contributed by atoms with van der Waals surface area (Å²) in [6.45, 7) is 12.2. The Bertz CT molecular complexity index is 193. The van der Waals surface area contributed by atoms with Crippen LogP contribution in [0.5, 0.6) is 0 Å². The predicted octanol–water partition coefficient (Wildman–Crippen LogP) is 2.20. The summed E-state index contributed by atoms with van der Waals surface area (Å²) in [6, 6.07) is 0.830. The third-order valence-corrected chi connectivity index (χ3v) is 4.42. The highest BCUT2D eigenvalue weighted by Gasteiger charge is 2.36. The second kappa shape index (κ2) is 5.31. The van der Waals surface area contributed by atoms with E-state index in [2.05, 4.69) is 39.8 Å². The fraction of sp³-hybridized carbons (Fsp3) is 1.00. The largest absolute Gasteiger partial charge is 0.323 e. The molecule has 1 fully saturated rings. The Morgan fingerprint density at radius 3 is 2.27 bits per heavy atom. The van der Waals surface area contributed by atoms with E-state index in [1.54, 1.807) is 0 Å². The van der Waals surface area contributed by atoms with Gasteiger partial charge in [-0.15, -0.1) is 0 Å². The Kier molecular flexibility index (Phi) is 4.60. The molecule has 15 heavy (non-hydrogen) atoms. The van der Waals surface area contributed by atoms with Crippen LogP contribution in [0, 0.1) is 5.92 Å². The molecular weight excluding hydrogens is 184 g/mol. The predicted molar refractivity (Wildman–Crippen MR) is 66.9 cm³/mol. The molecular formula is C13H29N2+. The van der Waals surface area contributed by atoms with E-state index in [4.69, 9.17) is 0 Å². The molecule has 0 aliphatic carbocycles. The number of quaternary nitrogens is 1. The molecule has 2 nitrogen and oxygen atoms in total. The molecule has 0 saturated carbocycles. The minimum Gasteiger partial charge on any atom is -0.323 e. The van der Waals surface area contributed by atoms with Gasteiger partial charge in [0, 0.05) is 12.5 Å². The molecule has 1 saturated heterocycles. The van der Waals surface area contributed by atoms with Crippen molar-refractivity contribution in [1.82, 2.24) is 4.90 Å². The average molecular weight is 213 g/mol. The van der Waals surface area contributed by atoms with E-state index < -0.39 is 0 Å². The Labute approximate surface area is 95.8 Å². The van der Waals surface area contributed by atoms with Gasteiger partial charge in [-0.3, -0.25) is 0 Å². The van der Waals surface area contributed by atoms with E-state index in [0.717, 1.165) is 12.0 Å². The van der Waals surface area contributed by atoms with Gasteiger partial charge in [0.25, 0.3) is 0 Å². The van der Waals surface area contributed by atoms with Crippen LogP contribution in [-0.4, -0.2) is 55.7 Å². The van der Waals surface area contributed by atoms with Crippen LogP contribution in [0.1, 0.15) is 33.6 Å². The van der Waals surface area contributed by atoms with Crippen molar-refractivity contribution in [2.24, 2.45) is 5.92 Å². The van der Waals surface area contributed by atoms with Crippen molar-refractivity contribution in [3.8, 4) is 0 Å². The molecule has 0 amide bonds. The first-order valence-corrected chi connectivity index (χ1v) is 6.58. The van der Waals surface area contributed by atoms with Crippen LogP contribution in [-0.2, 0) is 0 Å². The topological polar surface area (TPSA) is 3.24 Å². The van der Waals surface area contributed by atoms with Crippen molar-refractivity contribution < 1.29 is 4.48 Å². The number of rotatable bonds is 3. The minimum atomic E-state index is 0.830. The molecule has 0 bridgehead atoms. The van der Waals surface area contributed by atoms with Gasteiger partial charge in [-0.2, -0.15) is 0 Å². The lowest BCUT2D eigenvalue weighted by Gasteiger charge is -2.40. The smallest absolute Gasteiger partial charge is 0.101 e. The SMILES string of the molecule is CCC1CN(C)CC(CC)[N+](C)(CC)C1. The maximum atomic E-state index is 2.54. The van der Waals surface area contributed by atoms with Crippen LogP contribution in [0.25, 0.3) is 0 Å². The fourth-order valence-electron chi connectivity index (χ4n) is 3.08. The van der Waals surface area contributed by atoms with Gasteiger partial charge in [0.05, 0.1) is 26.7 Å². The van der Waals surface area contributed by atoms with E-state index in [1.807, 2.05) is 0 Å². The van der Waals surface area contributed by atoms with Gasteiger partial charge >= 0.3 is 0 Å². The number of nitrogens with zero attached hydrogens (tertiary/aromatic N) is 2. The summed E-state index contributed by atoms with van der Waals surface area (Å²) in [5.41, 5.74) is 0. The first kappa shape index (κ1) is 13.0. The molecule has 1 rings (SSSR count). The Morgan fingerprint density at radius 1 is 1.13 bits per heavy atom. The first-order chi connectivity index (χ1) is 7.05. The fourth-order valence-corrected chi connectivity index (χ4v) is 3.08. The molecule has 0 aromatic carbocycles. The average Bonchev–Trinajstić information content (AvgIpc) is 2.36. The van der Waals surface area contributed by atoms with E-state index in [0.29, 0.717) is 0 Å². The van der Waals surface area contributed by atoms with Crippen molar-refractivity contribution >= 4 is 0 Å².